The Bertz CT molecular complexity index is 639. The number of benzene rings is 1. The molecule has 0 saturated carbocycles. The molecule has 1 aliphatic rings. The van der Waals surface area contributed by atoms with Gasteiger partial charge in [-0.25, -0.2) is 8.42 Å². The van der Waals surface area contributed by atoms with Gasteiger partial charge in [0.2, 0.25) is 10.0 Å². The average molecular weight is 327 g/mol. The highest BCUT2D eigenvalue weighted by Gasteiger charge is 2.30. The summed E-state index contributed by atoms with van der Waals surface area (Å²) in [6.45, 7) is 3.62. The van der Waals surface area contributed by atoms with Gasteiger partial charge in [0, 0.05) is 31.8 Å². The standard InChI is InChI=1S/C14H21N3O4S/c1-2-3-8-15-13-7-6-12(17(18)19)11-14(13)22(20,21)16-9-4-5-10-16/h6-7,11,15H,2-5,8-10H2,1H3. The fourth-order valence-corrected chi connectivity index (χ4v) is 4.16. The number of nitrogens with zero attached hydrogens (tertiary/aromatic N) is 2. The Morgan fingerprint density at radius 2 is 2.00 bits per heavy atom. The molecule has 1 fully saturated rings. The Balaban J connectivity index is 2.39. The van der Waals surface area contributed by atoms with Crippen molar-refractivity contribution >= 4 is 21.4 Å². The summed E-state index contributed by atoms with van der Waals surface area (Å²) < 4.78 is 26.9. The quantitative estimate of drug-likeness (QED) is 0.472. The van der Waals surface area contributed by atoms with Crippen molar-refractivity contribution < 1.29 is 13.3 Å². The fourth-order valence-electron chi connectivity index (χ4n) is 2.45. The van der Waals surface area contributed by atoms with Gasteiger partial charge in [0.05, 0.1) is 10.6 Å². The molecule has 0 atom stereocenters. The maximum atomic E-state index is 12.7. The molecule has 0 spiro atoms. The number of anilines is 1. The van der Waals surface area contributed by atoms with Crippen molar-refractivity contribution in [3.63, 3.8) is 0 Å². The molecule has 2 rings (SSSR count). The molecule has 1 N–H and O–H groups in total. The highest BCUT2D eigenvalue weighted by atomic mass is 32.2. The van der Waals surface area contributed by atoms with Crippen molar-refractivity contribution in [2.24, 2.45) is 0 Å². The minimum atomic E-state index is -3.70. The van der Waals surface area contributed by atoms with Gasteiger partial charge in [-0.3, -0.25) is 10.1 Å². The minimum Gasteiger partial charge on any atom is -0.384 e. The van der Waals surface area contributed by atoms with Gasteiger partial charge in [-0.1, -0.05) is 13.3 Å². The number of non-ortho nitro benzene ring substituents is 1. The van der Waals surface area contributed by atoms with Crippen LogP contribution in [0.2, 0.25) is 0 Å². The fraction of sp³-hybridized carbons (Fsp3) is 0.571. The van der Waals surface area contributed by atoms with Gasteiger partial charge in [0.1, 0.15) is 4.90 Å². The van der Waals surface area contributed by atoms with Crippen LogP contribution in [0.4, 0.5) is 11.4 Å². The van der Waals surface area contributed by atoms with Crippen LogP contribution < -0.4 is 5.32 Å². The van der Waals surface area contributed by atoms with Gasteiger partial charge in [0.25, 0.3) is 5.69 Å². The highest BCUT2D eigenvalue weighted by Crippen LogP contribution is 2.30. The summed E-state index contributed by atoms with van der Waals surface area (Å²) in [5.41, 5.74) is 0.227. The van der Waals surface area contributed by atoms with Crippen molar-refractivity contribution in [2.45, 2.75) is 37.5 Å². The van der Waals surface area contributed by atoms with Crippen LogP contribution in [-0.4, -0.2) is 37.3 Å². The van der Waals surface area contributed by atoms with Crippen LogP contribution in [-0.2, 0) is 10.0 Å². The molecule has 0 radical (unpaired) electrons. The topological polar surface area (TPSA) is 92.5 Å². The normalized spacial score (nSPS) is 15.9. The minimum absolute atomic E-state index is 0.000275. The largest absolute Gasteiger partial charge is 0.384 e. The van der Waals surface area contributed by atoms with E-state index in [-0.39, 0.29) is 10.6 Å². The zero-order chi connectivity index (χ0) is 16.2. The predicted molar refractivity (Wildman–Crippen MR) is 84.5 cm³/mol. The van der Waals surface area contributed by atoms with Gasteiger partial charge >= 0.3 is 0 Å². The maximum Gasteiger partial charge on any atom is 0.270 e. The second-order valence-electron chi connectivity index (χ2n) is 5.33. The lowest BCUT2D eigenvalue weighted by Gasteiger charge is -2.18. The zero-order valence-corrected chi connectivity index (χ0v) is 13.4. The van der Waals surface area contributed by atoms with Crippen LogP contribution in [0, 0.1) is 10.1 Å². The summed E-state index contributed by atoms with van der Waals surface area (Å²) in [7, 11) is -3.70. The second kappa shape index (κ2) is 7.06. The van der Waals surface area contributed by atoms with Crippen molar-refractivity contribution in [1.82, 2.24) is 4.31 Å². The number of rotatable bonds is 7. The van der Waals surface area contributed by atoms with Crippen molar-refractivity contribution in [3.05, 3.63) is 28.3 Å². The predicted octanol–water partition coefficient (Wildman–Crippen LogP) is 2.59. The van der Waals surface area contributed by atoms with Gasteiger partial charge in [0.15, 0.2) is 0 Å². The smallest absolute Gasteiger partial charge is 0.270 e. The zero-order valence-electron chi connectivity index (χ0n) is 12.6. The van der Waals surface area contributed by atoms with Crippen LogP contribution in [0.15, 0.2) is 23.1 Å². The number of nitrogens with one attached hydrogen (secondary N) is 1. The first kappa shape index (κ1) is 16.7. The lowest BCUT2D eigenvalue weighted by molar-refractivity contribution is -0.385. The summed E-state index contributed by atoms with van der Waals surface area (Å²) >= 11 is 0. The molecular formula is C14H21N3O4S. The first-order valence-electron chi connectivity index (χ1n) is 7.49. The monoisotopic (exact) mass is 327 g/mol. The van der Waals surface area contributed by atoms with E-state index in [9.17, 15) is 18.5 Å². The summed E-state index contributed by atoms with van der Waals surface area (Å²) in [5.74, 6) is 0. The molecule has 0 aromatic heterocycles. The molecule has 1 aromatic carbocycles. The molecule has 0 bridgehead atoms. The van der Waals surface area contributed by atoms with E-state index < -0.39 is 14.9 Å². The first-order chi connectivity index (χ1) is 10.5. The number of unbranched alkanes of at least 4 members (excludes halogenated alkanes) is 1. The van der Waals surface area contributed by atoms with Crippen LogP contribution >= 0.6 is 0 Å². The molecule has 1 heterocycles. The van der Waals surface area contributed by atoms with Gasteiger partial charge in [-0.15, -0.1) is 0 Å². The summed E-state index contributed by atoms with van der Waals surface area (Å²) in [6.07, 6.45) is 3.54. The number of sulfonamides is 1. The number of hydrogen-bond acceptors (Lipinski definition) is 5. The third-order valence-corrected chi connectivity index (χ3v) is 5.64. The first-order valence-corrected chi connectivity index (χ1v) is 8.93. The van der Waals surface area contributed by atoms with Crippen LogP contribution in [0.25, 0.3) is 0 Å². The van der Waals surface area contributed by atoms with E-state index in [1.807, 2.05) is 6.92 Å². The van der Waals surface area contributed by atoms with Crippen LogP contribution in [0.3, 0.4) is 0 Å². The van der Waals surface area contributed by atoms with E-state index >= 15 is 0 Å². The van der Waals surface area contributed by atoms with Crippen molar-refractivity contribution in [3.8, 4) is 0 Å². The highest BCUT2D eigenvalue weighted by molar-refractivity contribution is 7.89. The molecule has 1 saturated heterocycles. The molecule has 22 heavy (non-hydrogen) atoms. The van der Waals surface area contributed by atoms with E-state index in [0.717, 1.165) is 31.7 Å². The third kappa shape index (κ3) is 3.56. The number of nitro benzene ring substituents is 1. The molecule has 0 amide bonds. The Morgan fingerprint density at radius 1 is 1.32 bits per heavy atom. The Morgan fingerprint density at radius 3 is 2.59 bits per heavy atom. The molecule has 1 aromatic rings. The molecule has 8 heteroatoms. The summed E-state index contributed by atoms with van der Waals surface area (Å²) in [4.78, 5) is 10.4. The summed E-state index contributed by atoms with van der Waals surface area (Å²) in [5, 5.41) is 14.0. The molecular weight excluding hydrogens is 306 g/mol. The van der Waals surface area contributed by atoms with Crippen molar-refractivity contribution in [2.75, 3.05) is 25.0 Å². The van der Waals surface area contributed by atoms with Crippen LogP contribution in [0.5, 0.6) is 0 Å². The lowest BCUT2D eigenvalue weighted by Crippen LogP contribution is -2.28. The molecule has 7 nitrogen and oxygen atoms in total. The second-order valence-corrected chi connectivity index (χ2v) is 7.24. The average Bonchev–Trinajstić information content (AvgIpc) is 3.02. The number of hydrogen-bond donors (Lipinski definition) is 1. The maximum absolute atomic E-state index is 12.7. The Labute approximate surface area is 130 Å². The van der Waals surface area contributed by atoms with Crippen LogP contribution in [0.1, 0.15) is 32.6 Å². The molecule has 0 unspecified atom stereocenters. The molecule has 0 aliphatic carbocycles. The van der Waals surface area contributed by atoms with Gasteiger partial charge in [-0.05, 0) is 25.3 Å². The SMILES string of the molecule is CCCCNc1ccc([N+](=O)[O-])cc1S(=O)(=O)N1CCCC1. The Kier molecular flexibility index (Phi) is 5.36. The van der Waals surface area contributed by atoms with E-state index in [1.165, 1.54) is 16.4 Å². The van der Waals surface area contributed by atoms with E-state index in [4.69, 9.17) is 0 Å². The molecule has 1 aliphatic heterocycles. The van der Waals surface area contributed by atoms with E-state index in [1.54, 1.807) is 0 Å². The Hall–Kier alpha value is -1.67. The summed E-state index contributed by atoms with van der Waals surface area (Å²) in [6, 6.07) is 3.97. The number of nitro groups is 1. The lowest BCUT2D eigenvalue weighted by atomic mass is 10.2. The van der Waals surface area contributed by atoms with Gasteiger partial charge < -0.3 is 5.32 Å². The van der Waals surface area contributed by atoms with Crippen molar-refractivity contribution in [1.29, 1.82) is 0 Å². The molecule has 122 valence electrons. The third-order valence-electron chi connectivity index (χ3n) is 3.70. The van der Waals surface area contributed by atoms with E-state index in [0.29, 0.717) is 25.3 Å². The van der Waals surface area contributed by atoms with Gasteiger partial charge in [-0.2, -0.15) is 4.31 Å². The van der Waals surface area contributed by atoms with E-state index in [2.05, 4.69) is 5.32 Å².